The Kier molecular flexibility index (Phi) is 5.06. The molecule has 3 rings (SSSR count). The first-order valence-electron chi connectivity index (χ1n) is 8.78. The first-order chi connectivity index (χ1) is 12.8. The molecule has 0 bridgehead atoms. The third-order valence-electron chi connectivity index (χ3n) is 4.83. The number of carboxylic acids is 1. The van der Waals surface area contributed by atoms with Gasteiger partial charge in [-0.3, -0.25) is 4.79 Å². The Balaban J connectivity index is 2.14. The molecule has 0 amide bonds. The summed E-state index contributed by atoms with van der Waals surface area (Å²) in [5.41, 5.74) is 1.06. The normalized spacial score (nSPS) is 20.1. The van der Waals surface area contributed by atoms with Gasteiger partial charge in [-0.15, -0.1) is 0 Å². The molecule has 0 aromatic heterocycles. The summed E-state index contributed by atoms with van der Waals surface area (Å²) in [7, 11) is 0. The van der Waals surface area contributed by atoms with Crippen LogP contribution in [0.3, 0.4) is 0 Å². The molecule has 27 heavy (non-hydrogen) atoms. The fourth-order valence-electron chi connectivity index (χ4n) is 3.44. The van der Waals surface area contributed by atoms with Gasteiger partial charge >= 0.3 is 5.97 Å². The second-order valence-electron chi connectivity index (χ2n) is 7.13. The summed E-state index contributed by atoms with van der Waals surface area (Å²) < 4.78 is 5.97. The Hall–Kier alpha value is -3.04. The molecule has 2 aromatic rings. The van der Waals surface area contributed by atoms with Gasteiger partial charge in [-0.05, 0) is 44.2 Å². The van der Waals surface area contributed by atoms with E-state index >= 15 is 0 Å². The summed E-state index contributed by atoms with van der Waals surface area (Å²) in [6, 6.07) is 16.1. The molecular formula is C21H22N2O4. The van der Waals surface area contributed by atoms with Gasteiger partial charge in [-0.2, -0.15) is 5.26 Å². The molecule has 1 aliphatic rings. The minimum Gasteiger partial charge on any atom is -0.485 e. The number of hydrogen-bond acceptors (Lipinski definition) is 5. The standard InChI is InChI=1S/C21H22N2O4/c1-21(2)20(26)19(16-12-14(13-22)8-9-17(16)27-21)23(11-10-18(24)25)15-6-4-3-5-7-15/h3-9,12,19-20,26H,10-11H2,1-2H3,(H,24,25)/t19-,20+/m0/s1. The fraction of sp³-hybridized carbons (Fsp3) is 0.333. The minimum absolute atomic E-state index is 0.0767. The third kappa shape index (κ3) is 3.74. The highest BCUT2D eigenvalue weighted by Crippen LogP contribution is 2.44. The molecule has 1 heterocycles. The van der Waals surface area contributed by atoms with E-state index in [0.29, 0.717) is 16.9 Å². The molecule has 0 saturated carbocycles. The van der Waals surface area contributed by atoms with Crippen molar-refractivity contribution in [3.8, 4) is 11.8 Å². The zero-order valence-corrected chi connectivity index (χ0v) is 15.3. The van der Waals surface area contributed by atoms with E-state index in [-0.39, 0.29) is 13.0 Å². The van der Waals surface area contributed by atoms with Crippen LogP contribution in [-0.2, 0) is 4.79 Å². The second-order valence-corrected chi connectivity index (χ2v) is 7.13. The highest BCUT2D eigenvalue weighted by atomic mass is 16.5. The van der Waals surface area contributed by atoms with E-state index in [1.807, 2.05) is 35.2 Å². The van der Waals surface area contributed by atoms with E-state index in [4.69, 9.17) is 4.74 Å². The van der Waals surface area contributed by atoms with Crippen LogP contribution < -0.4 is 9.64 Å². The largest absolute Gasteiger partial charge is 0.485 e. The summed E-state index contributed by atoms with van der Waals surface area (Å²) in [4.78, 5) is 13.1. The van der Waals surface area contributed by atoms with Gasteiger partial charge in [0.05, 0.1) is 24.1 Å². The SMILES string of the molecule is CC1(C)Oc2ccc(C#N)cc2[C@H](N(CCC(=O)O)c2ccccc2)[C@H]1O. The first kappa shape index (κ1) is 18.7. The number of nitriles is 1. The third-order valence-corrected chi connectivity index (χ3v) is 4.83. The zero-order chi connectivity index (χ0) is 19.6. The lowest BCUT2D eigenvalue weighted by Gasteiger charge is -2.47. The molecule has 6 heteroatoms. The van der Waals surface area contributed by atoms with Crippen molar-refractivity contribution in [1.82, 2.24) is 0 Å². The van der Waals surface area contributed by atoms with Gasteiger partial charge in [-0.1, -0.05) is 18.2 Å². The summed E-state index contributed by atoms with van der Waals surface area (Å²) in [6.45, 7) is 3.81. The molecule has 2 atom stereocenters. The van der Waals surface area contributed by atoms with Gasteiger partial charge < -0.3 is 19.8 Å². The van der Waals surface area contributed by atoms with E-state index in [9.17, 15) is 20.3 Å². The van der Waals surface area contributed by atoms with E-state index in [1.54, 1.807) is 32.0 Å². The van der Waals surface area contributed by atoms with E-state index in [0.717, 1.165) is 5.69 Å². The van der Waals surface area contributed by atoms with Gasteiger partial charge in [0.25, 0.3) is 0 Å². The van der Waals surface area contributed by atoms with Crippen molar-refractivity contribution in [2.24, 2.45) is 0 Å². The maximum absolute atomic E-state index is 11.2. The average Bonchev–Trinajstić information content (AvgIpc) is 2.65. The number of carboxylic acid groups (broad SMARTS) is 1. The maximum Gasteiger partial charge on any atom is 0.305 e. The lowest BCUT2D eigenvalue weighted by Crippen LogP contribution is -2.54. The van der Waals surface area contributed by atoms with Crippen LogP contribution in [0.2, 0.25) is 0 Å². The number of hydrogen-bond donors (Lipinski definition) is 2. The van der Waals surface area contributed by atoms with Crippen LogP contribution >= 0.6 is 0 Å². The van der Waals surface area contributed by atoms with Crippen LogP contribution in [0.5, 0.6) is 5.75 Å². The topological polar surface area (TPSA) is 93.8 Å². The number of benzene rings is 2. The number of anilines is 1. The predicted molar refractivity (Wildman–Crippen MR) is 101 cm³/mol. The van der Waals surface area contributed by atoms with Crippen molar-refractivity contribution in [2.45, 2.75) is 38.0 Å². The molecule has 6 nitrogen and oxygen atoms in total. The van der Waals surface area contributed by atoms with Crippen molar-refractivity contribution < 1.29 is 19.7 Å². The highest BCUT2D eigenvalue weighted by molar-refractivity contribution is 5.68. The van der Waals surface area contributed by atoms with Crippen LogP contribution in [-0.4, -0.2) is 34.4 Å². The van der Waals surface area contributed by atoms with Crippen LogP contribution in [0, 0.1) is 11.3 Å². The van der Waals surface area contributed by atoms with Crippen LogP contribution in [0.4, 0.5) is 5.69 Å². The Labute approximate surface area is 158 Å². The molecule has 0 radical (unpaired) electrons. The molecule has 0 aliphatic carbocycles. The predicted octanol–water partition coefficient (Wildman–Crippen LogP) is 3.11. The molecule has 0 unspecified atom stereocenters. The number of carbonyl (C=O) groups is 1. The fourth-order valence-corrected chi connectivity index (χ4v) is 3.44. The number of nitrogens with zero attached hydrogens (tertiary/aromatic N) is 2. The van der Waals surface area contributed by atoms with E-state index < -0.39 is 23.7 Å². The minimum atomic E-state index is -0.923. The smallest absolute Gasteiger partial charge is 0.305 e. The quantitative estimate of drug-likeness (QED) is 0.844. The molecule has 2 aromatic carbocycles. The van der Waals surface area contributed by atoms with Crippen LogP contribution in [0.15, 0.2) is 48.5 Å². The number of para-hydroxylation sites is 1. The molecule has 1 aliphatic heterocycles. The van der Waals surface area contributed by atoms with Gasteiger partial charge in [0.2, 0.25) is 0 Å². The summed E-state index contributed by atoms with van der Waals surface area (Å²) in [5, 5.41) is 29.6. The van der Waals surface area contributed by atoms with E-state index in [2.05, 4.69) is 6.07 Å². The number of aliphatic hydroxyl groups excluding tert-OH is 1. The lowest BCUT2D eigenvalue weighted by atomic mass is 9.84. The molecule has 140 valence electrons. The van der Waals surface area contributed by atoms with Crippen molar-refractivity contribution >= 4 is 11.7 Å². The van der Waals surface area contributed by atoms with Crippen molar-refractivity contribution in [2.75, 3.05) is 11.4 Å². The zero-order valence-electron chi connectivity index (χ0n) is 15.3. The average molecular weight is 366 g/mol. The number of ether oxygens (including phenoxy) is 1. The summed E-state index contributed by atoms with van der Waals surface area (Å²) in [5.74, 6) is -0.326. The Morgan fingerprint density at radius 3 is 2.59 bits per heavy atom. The Morgan fingerprint density at radius 1 is 1.26 bits per heavy atom. The number of aliphatic carboxylic acids is 1. The van der Waals surface area contributed by atoms with Crippen LogP contribution in [0.25, 0.3) is 0 Å². The molecule has 0 saturated heterocycles. The van der Waals surface area contributed by atoms with Crippen molar-refractivity contribution in [3.05, 3.63) is 59.7 Å². The Bertz CT molecular complexity index is 873. The number of fused-ring (bicyclic) bond motifs is 1. The molecule has 0 fully saturated rings. The Morgan fingerprint density at radius 2 is 1.96 bits per heavy atom. The molecule has 0 spiro atoms. The van der Waals surface area contributed by atoms with Crippen molar-refractivity contribution in [3.63, 3.8) is 0 Å². The van der Waals surface area contributed by atoms with Crippen LogP contribution in [0.1, 0.15) is 37.4 Å². The lowest BCUT2D eigenvalue weighted by molar-refractivity contribution is -0.136. The molecular weight excluding hydrogens is 344 g/mol. The van der Waals surface area contributed by atoms with Gasteiger partial charge in [0, 0.05) is 17.8 Å². The number of rotatable bonds is 5. The second kappa shape index (κ2) is 7.29. The van der Waals surface area contributed by atoms with Gasteiger partial charge in [-0.25, -0.2) is 0 Å². The van der Waals surface area contributed by atoms with Gasteiger partial charge in [0.15, 0.2) is 0 Å². The summed E-state index contributed by atoms with van der Waals surface area (Å²) >= 11 is 0. The van der Waals surface area contributed by atoms with E-state index in [1.165, 1.54) is 0 Å². The molecule has 2 N–H and O–H groups in total. The monoisotopic (exact) mass is 366 g/mol. The summed E-state index contributed by atoms with van der Waals surface area (Å²) in [6.07, 6.45) is -1.000. The first-order valence-corrected chi connectivity index (χ1v) is 8.78. The highest BCUT2D eigenvalue weighted by Gasteiger charge is 2.45. The maximum atomic E-state index is 11.2. The van der Waals surface area contributed by atoms with Crippen molar-refractivity contribution in [1.29, 1.82) is 5.26 Å². The number of aliphatic hydroxyl groups is 1. The van der Waals surface area contributed by atoms with Gasteiger partial charge in [0.1, 0.15) is 17.5 Å².